The first-order valence-electron chi connectivity index (χ1n) is 9.75. The van der Waals surface area contributed by atoms with E-state index in [1.54, 1.807) is 6.20 Å². The first-order chi connectivity index (χ1) is 14.8. The van der Waals surface area contributed by atoms with Crippen LogP contribution in [0.5, 0.6) is 11.5 Å². The first kappa shape index (κ1) is 21.0. The maximum absolute atomic E-state index is 6.00. The summed E-state index contributed by atoms with van der Waals surface area (Å²) in [5.41, 5.74) is 3.63. The van der Waals surface area contributed by atoms with Crippen molar-refractivity contribution in [2.24, 2.45) is 4.99 Å². The molecule has 0 spiro atoms. The van der Waals surface area contributed by atoms with Crippen molar-refractivity contribution in [2.45, 2.75) is 6.04 Å². The molecule has 0 radical (unpaired) electrons. The third-order valence-electron chi connectivity index (χ3n) is 4.76. The van der Waals surface area contributed by atoms with Crippen molar-refractivity contribution < 1.29 is 30.5 Å². The Morgan fingerprint density at radius 1 is 0.774 bits per heavy atom. The van der Waals surface area contributed by atoms with Crippen LogP contribution >= 0.6 is 0 Å². The van der Waals surface area contributed by atoms with Gasteiger partial charge in [0.25, 0.3) is 0 Å². The Bertz CT molecular complexity index is 1180. The van der Waals surface area contributed by atoms with E-state index in [2.05, 4.69) is 29.2 Å². The zero-order valence-electron chi connectivity index (χ0n) is 16.5. The van der Waals surface area contributed by atoms with Crippen LogP contribution in [-0.2, 0) is 25.8 Å². The fourth-order valence-corrected chi connectivity index (χ4v) is 3.30. The van der Waals surface area contributed by atoms with E-state index in [0.29, 0.717) is 24.0 Å². The Morgan fingerprint density at radius 3 is 2.23 bits per heavy atom. The summed E-state index contributed by atoms with van der Waals surface area (Å²) in [6.45, 7) is 0.526. The molecule has 1 aliphatic rings. The van der Waals surface area contributed by atoms with Gasteiger partial charge in [-0.2, -0.15) is 0 Å². The van der Waals surface area contributed by atoms with Crippen LogP contribution in [0.25, 0.3) is 11.3 Å². The summed E-state index contributed by atoms with van der Waals surface area (Å²) in [6, 6.07) is 33.9. The van der Waals surface area contributed by atoms with Crippen LogP contribution in [0, 0.1) is 12.1 Å². The number of aliphatic imine (C=N–C) groups is 1. The van der Waals surface area contributed by atoms with Crippen molar-refractivity contribution in [3.05, 3.63) is 114 Å². The van der Waals surface area contributed by atoms with E-state index in [4.69, 9.17) is 14.5 Å². The number of benzene rings is 3. The fraction of sp³-hybridized carbons (Fsp3) is 0.0769. The Balaban J connectivity index is 0.00000231. The van der Waals surface area contributed by atoms with Crippen LogP contribution in [-0.4, -0.2) is 17.5 Å². The number of nitrogens with zero attached hydrogens (tertiary/aromatic N) is 2. The smallest absolute Gasteiger partial charge is 0.518 e. The molecule has 1 aliphatic heterocycles. The van der Waals surface area contributed by atoms with Crippen LogP contribution in [0.2, 0.25) is 0 Å². The Kier molecular flexibility index (Phi) is 6.59. The molecule has 5 rings (SSSR count). The SMILES string of the molecule is [Pt+2].[c-]1c(Oc2[c-]c(-c3ccccn3)ccc2)cccc1C1=N[C@@H](c2ccccc2)CO1. The van der Waals surface area contributed by atoms with E-state index in [-0.39, 0.29) is 27.1 Å². The van der Waals surface area contributed by atoms with E-state index in [1.807, 2.05) is 72.8 Å². The number of pyridine rings is 1. The van der Waals surface area contributed by atoms with E-state index >= 15 is 0 Å². The van der Waals surface area contributed by atoms with Crippen LogP contribution < -0.4 is 4.74 Å². The van der Waals surface area contributed by atoms with Gasteiger partial charge in [-0.15, -0.1) is 42.0 Å². The molecule has 1 atom stereocenters. The second kappa shape index (κ2) is 9.72. The molecule has 0 saturated carbocycles. The summed E-state index contributed by atoms with van der Waals surface area (Å²) in [4.78, 5) is 9.09. The zero-order chi connectivity index (χ0) is 20.2. The minimum atomic E-state index is 0. The van der Waals surface area contributed by atoms with Crippen LogP contribution in [0.15, 0.2) is 96.1 Å². The largest absolute Gasteiger partial charge is 2.00 e. The van der Waals surface area contributed by atoms with Gasteiger partial charge in [-0.25, -0.2) is 0 Å². The zero-order valence-corrected chi connectivity index (χ0v) is 18.7. The van der Waals surface area contributed by atoms with Crippen molar-refractivity contribution >= 4 is 5.90 Å². The molecule has 5 heteroatoms. The average Bonchev–Trinajstić information content (AvgIpc) is 3.31. The molecule has 0 saturated heterocycles. The molecule has 3 aromatic carbocycles. The second-order valence-corrected chi connectivity index (χ2v) is 6.85. The maximum Gasteiger partial charge on any atom is 2.00 e. The average molecular weight is 586 g/mol. The summed E-state index contributed by atoms with van der Waals surface area (Å²) < 4.78 is 11.8. The van der Waals surface area contributed by atoms with Gasteiger partial charge in [0.1, 0.15) is 18.5 Å². The third kappa shape index (κ3) is 4.92. The third-order valence-corrected chi connectivity index (χ3v) is 4.76. The minimum absolute atomic E-state index is 0. The van der Waals surface area contributed by atoms with Crippen molar-refractivity contribution in [1.29, 1.82) is 0 Å². The van der Waals surface area contributed by atoms with E-state index in [1.165, 1.54) is 0 Å². The fourth-order valence-electron chi connectivity index (χ4n) is 3.30. The quantitative estimate of drug-likeness (QED) is 0.284. The molecule has 2 heterocycles. The van der Waals surface area contributed by atoms with Crippen molar-refractivity contribution in [3.63, 3.8) is 0 Å². The summed E-state index contributed by atoms with van der Waals surface area (Å²) >= 11 is 0. The topological polar surface area (TPSA) is 43.7 Å². The predicted molar refractivity (Wildman–Crippen MR) is 116 cm³/mol. The molecule has 4 nitrogen and oxygen atoms in total. The Labute approximate surface area is 195 Å². The second-order valence-electron chi connectivity index (χ2n) is 6.85. The number of hydrogen-bond acceptors (Lipinski definition) is 4. The molecule has 0 amide bonds. The van der Waals surface area contributed by atoms with Gasteiger partial charge in [-0.1, -0.05) is 60.2 Å². The van der Waals surface area contributed by atoms with Gasteiger partial charge in [0.15, 0.2) is 0 Å². The van der Waals surface area contributed by atoms with Gasteiger partial charge in [-0.3, -0.25) is 4.99 Å². The van der Waals surface area contributed by atoms with Crippen LogP contribution in [0.3, 0.4) is 0 Å². The molecule has 31 heavy (non-hydrogen) atoms. The number of aromatic nitrogens is 1. The Morgan fingerprint density at radius 2 is 1.48 bits per heavy atom. The van der Waals surface area contributed by atoms with Gasteiger partial charge >= 0.3 is 21.1 Å². The van der Waals surface area contributed by atoms with Crippen molar-refractivity contribution in [2.75, 3.05) is 6.61 Å². The summed E-state index contributed by atoms with van der Waals surface area (Å²) in [5.74, 6) is 1.76. The molecule has 0 fully saturated rings. The number of hydrogen-bond donors (Lipinski definition) is 0. The number of rotatable bonds is 5. The van der Waals surface area contributed by atoms with Crippen molar-refractivity contribution in [3.8, 4) is 22.8 Å². The van der Waals surface area contributed by atoms with Gasteiger partial charge in [0.05, 0.1) is 0 Å². The molecule has 4 aromatic rings. The Hall–Kier alpha value is -3.23. The van der Waals surface area contributed by atoms with Crippen LogP contribution in [0.4, 0.5) is 0 Å². The summed E-state index contributed by atoms with van der Waals surface area (Å²) in [6.07, 6.45) is 1.76. The van der Waals surface area contributed by atoms with E-state index < -0.39 is 0 Å². The molecular weight excluding hydrogens is 567 g/mol. The molecule has 0 aliphatic carbocycles. The predicted octanol–water partition coefficient (Wildman–Crippen LogP) is 5.66. The molecule has 0 unspecified atom stereocenters. The maximum atomic E-state index is 6.00. The molecule has 1 aromatic heterocycles. The normalized spacial score (nSPS) is 14.8. The van der Waals surface area contributed by atoms with Gasteiger partial charge in [0.2, 0.25) is 0 Å². The van der Waals surface area contributed by atoms with Crippen molar-refractivity contribution in [1.82, 2.24) is 4.98 Å². The summed E-state index contributed by atoms with van der Waals surface area (Å²) in [5, 5.41) is 0. The molecule has 0 bridgehead atoms. The molecule has 154 valence electrons. The molecular formula is C26H18N2O2Pt. The standard InChI is InChI=1S/C26H18N2O2.Pt/c1-2-8-19(9-3-1)25-18-29-26(28-25)21-11-7-13-23(17-21)30-22-12-6-10-20(16-22)24-14-4-5-15-27-24;/h1-15,25H,18H2;/q-2;+2/t25-;/m1./s1. The van der Waals surface area contributed by atoms with Crippen LogP contribution in [0.1, 0.15) is 17.2 Å². The van der Waals surface area contributed by atoms with E-state index in [0.717, 1.165) is 22.4 Å². The van der Waals surface area contributed by atoms with Gasteiger partial charge in [0, 0.05) is 17.7 Å². The van der Waals surface area contributed by atoms with E-state index in [9.17, 15) is 0 Å². The summed E-state index contributed by atoms with van der Waals surface area (Å²) in [7, 11) is 0. The first-order valence-corrected chi connectivity index (χ1v) is 9.75. The monoisotopic (exact) mass is 585 g/mol. The van der Waals surface area contributed by atoms with Gasteiger partial charge in [-0.05, 0) is 17.3 Å². The van der Waals surface area contributed by atoms with Gasteiger partial charge < -0.3 is 14.5 Å². The number of ether oxygens (including phenoxy) is 2. The molecule has 0 N–H and O–H groups in total. The minimum Gasteiger partial charge on any atom is -0.518 e.